The minimum atomic E-state index is -0.110. The Balaban J connectivity index is 1.49. The third kappa shape index (κ3) is 3.96. The Kier molecular flexibility index (Phi) is 5.10. The van der Waals surface area contributed by atoms with E-state index in [9.17, 15) is 4.39 Å². The highest BCUT2D eigenvalue weighted by molar-refractivity contribution is 5.30. The molecule has 2 aliphatic rings. The van der Waals surface area contributed by atoms with Gasteiger partial charge in [0.05, 0.1) is 0 Å². The molecule has 0 saturated heterocycles. The molecule has 1 aromatic carbocycles. The van der Waals surface area contributed by atoms with Crippen LogP contribution in [-0.2, 0) is 0 Å². The second kappa shape index (κ2) is 6.93. The fourth-order valence-electron chi connectivity index (χ4n) is 5.03. The Hall–Kier alpha value is -0.890. The first-order chi connectivity index (χ1) is 11.0. The van der Waals surface area contributed by atoms with Gasteiger partial charge in [-0.05, 0) is 99.8 Å². The topological polar surface area (TPSA) is 26.0 Å². The molecule has 0 aromatic heterocycles. The highest BCUT2D eigenvalue weighted by Crippen LogP contribution is 2.42. The predicted molar refractivity (Wildman–Crippen MR) is 95.0 cm³/mol. The second-order valence-corrected chi connectivity index (χ2v) is 8.39. The molecule has 1 nitrogen and oxygen atoms in total. The molecule has 2 fully saturated rings. The molecular formula is C21H32FN. The van der Waals surface area contributed by atoms with Crippen LogP contribution >= 0.6 is 0 Å². The van der Waals surface area contributed by atoms with E-state index in [1.807, 2.05) is 13.0 Å². The van der Waals surface area contributed by atoms with Gasteiger partial charge in [0, 0.05) is 5.54 Å². The van der Waals surface area contributed by atoms with Crippen LogP contribution < -0.4 is 5.73 Å². The van der Waals surface area contributed by atoms with Gasteiger partial charge in [0.15, 0.2) is 0 Å². The van der Waals surface area contributed by atoms with Gasteiger partial charge in [-0.3, -0.25) is 0 Å². The molecule has 0 amide bonds. The lowest BCUT2D eigenvalue weighted by Crippen LogP contribution is -2.39. The van der Waals surface area contributed by atoms with E-state index in [0.29, 0.717) is 5.92 Å². The summed E-state index contributed by atoms with van der Waals surface area (Å²) in [5.74, 6) is 2.14. The number of hydrogen-bond donors (Lipinski definition) is 1. The number of hydrogen-bond acceptors (Lipinski definition) is 1. The maximum atomic E-state index is 13.3. The predicted octanol–water partition coefficient (Wildman–Crippen LogP) is 5.71. The van der Waals surface area contributed by atoms with Gasteiger partial charge in [-0.25, -0.2) is 4.39 Å². The zero-order valence-electron chi connectivity index (χ0n) is 14.8. The monoisotopic (exact) mass is 317 g/mol. The van der Waals surface area contributed by atoms with E-state index in [4.69, 9.17) is 5.73 Å². The third-order valence-corrected chi connectivity index (χ3v) is 6.64. The van der Waals surface area contributed by atoms with Gasteiger partial charge in [-0.1, -0.05) is 18.9 Å². The summed E-state index contributed by atoms with van der Waals surface area (Å²) >= 11 is 0. The number of aryl methyl sites for hydroxylation is 1. The maximum absolute atomic E-state index is 13.3. The Morgan fingerprint density at radius 2 is 1.87 bits per heavy atom. The summed E-state index contributed by atoms with van der Waals surface area (Å²) in [6.07, 6.45) is 11.7. The van der Waals surface area contributed by atoms with Crippen molar-refractivity contribution < 1.29 is 4.39 Å². The van der Waals surface area contributed by atoms with Crippen molar-refractivity contribution in [2.24, 2.45) is 17.6 Å². The van der Waals surface area contributed by atoms with E-state index < -0.39 is 0 Å². The van der Waals surface area contributed by atoms with E-state index in [-0.39, 0.29) is 11.4 Å². The van der Waals surface area contributed by atoms with Gasteiger partial charge in [0.25, 0.3) is 0 Å². The first kappa shape index (κ1) is 17.0. The zero-order valence-corrected chi connectivity index (χ0v) is 14.8. The van der Waals surface area contributed by atoms with E-state index in [1.54, 1.807) is 12.1 Å². The molecule has 0 aliphatic heterocycles. The lowest BCUT2D eigenvalue weighted by molar-refractivity contribution is 0.255. The zero-order chi connectivity index (χ0) is 16.4. The van der Waals surface area contributed by atoms with E-state index >= 15 is 0 Å². The van der Waals surface area contributed by atoms with Gasteiger partial charge < -0.3 is 5.73 Å². The minimum absolute atomic E-state index is 0.0857. The molecule has 2 saturated carbocycles. The van der Waals surface area contributed by atoms with Crippen LogP contribution in [0.5, 0.6) is 0 Å². The molecule has 2 N–H and O–H groups in total. The van der Waals surface area contributed by atoms with Crippen LogP contribution in [-0.4, -0.2) is 5.54 Å². The average Bonchev–Trinajstić information content (AvgIpc) is 2.85. The van der Waals surface area contributed by atoms with Crippen LogP contribution in [0.4, 0.5) is 4.39 Å². The third-order valence-electron chi connectivity index (χ3n) is 6.64. The molecule has 3 rings (SSSR count). The van der Waals surface area contributed by atoms with Crippen molar-refractivity contribution in [3.63, 3.8) is 0 Å². The first-order valence-corrected chi connectivity index (χ1v) is 9.50. The second-order valence-electron chi connectivity index (χ2n) is 8.39. The molecule has 23 heavy (non-hydrogen) atoms. The Labute approximate surface area is 140 Å². The largest absolute Gasteiger partial charge is 0.325 e. The van der Waals surface area contributed by atoms with Crippen molar-refractivity contribution in [1.82, 2.24) is 0 Å². The Morgan fingerprint density at radius 3 is 2.48 bits per heavy atom. The number of halogens is 1. The highest BCUT2D eigenvalue weighted by Gasteiger charge is 2.35. The fourth-order valence-corrected chi connectivity index (χ4v) is 5.03. The van der Waals surface area contributed by atoms with Crippen molar-refractivity contribution in [3.8, 4) is 0 Å². The van der Waals surface area contributed by atoms with Gasteiger partial charge in [0.1, 0.15) is 5.82 Å². The van der Waals surface area contributed by atoms with Crippen molar-refractivity contribution in [2.45, 2.75) is 83.1 Å². The van der Waals surface area contributed by atoms with Crippen LogP contribution in [0, 0.1) is 24.6 Å². The van der Waals surface area contributed by atoms with E-state index in [1.165, 1.54) is 63.4 Å². The Morgan fingerprint density at radius 1 is 1.13 bits per heavy atom. The molecular weight excluding hydrogens is 285 g/mol. The average molecular weight is 317 g/mol. The summed E-state index contributed by atoms with van der Waals surface area (Å²) < 4.78 is 13.3. The quantitative estimate of drug-likeness (QED) is 0.756. The molecule has 2 aliphatic carbocycles. The summed E-state index contributed by atoms with van der Waals surface area (Å²) in [7, 11) is 0. The van der Waals surface area contributed by atoms with E-state index in [2.05, 4.69) is 6.92 Å². The normalized spacial score (nSPS) is 34.7. The standard InChI is InChI=1S/C21H32FN/c1-15-14-19(22)11-12-20(15)17-8-5-16(6-9-17)7-10-18-4-3-13-21(18,2)23/h11-12,14,16-18H,3-10,13,23H2,1-2H3. The number of rotatable bonds is 4. The summed E-state index contributed by atoms with van der Waals surface area (Å²) in [5.41, 5.74) is 9.01. The molecule has 2 unspecified atom stereocenters. The van der Waals surface area contributed by atoms with Crippen molar-refractivity contribution >= 4 is 0 Å². The fraction of sp³-hybridized carbons (Fsp3) is 0.714. The number of benzene rings is 1. The van der Waals surface area contributed by atoms with Crippen LogP contribution in [0.1, 0.15) is 81.8 Å². The SMILES string of the molecule is Cc1cc(F)ccc1C1CCC(CCC2CCCC2(C)N)CC1. The van der Waals surface area contributed by atoms with Crippen molar-refractivity contribution in [3.05, 3.63) is 35.1 Å². The summed E-state index contributed by atoms with van der Waals surface area (Å²) in [4.78, 5) is 0. The lowest BCUT2D eigenvalue weighted by atomic mass is 9.74. The molecule has 0 radical (unpaired) electrons. The summed E-state index contributed by atoms with van der Waals surface area (Å²) in [6, 6.07) is 5.31. The van der Waals surface area contributed by atoms with Gasteiger partial charge in [-0.2, -0.15) is 0 Å². The van der Waals surface area contributed by atoms with Crippen LogP contribution in [0.3, 0.4) is 0 Å². The smallest absolute Gasteiger partial charge is 0.123 e. The van der Waals surface area contributed by atoms with Crippen LogP contribution in [0.2, 0.25) is 0 Å². The van der Waals surface area contributed by atoms with Crippen LogP contribution in [0.25, 0.3) is 0 Å². The first-order valence-electron chi connectivity index (χ1n) is 9.50. The molecule has 0 bridgehead atoms. The van der Waals surface area contributed by atoms with Crippen LogP contribution in [0.15, 0.2) is 18.2 Å². The van der Waals surface area contributed by atoms with E-state index in [0.717, 1.165) is 17.4 Å². The minimum Gasteiger partial charge on any atom is -0.325 e. The Bertz CT molecular complexity index is 529. The lowest BCUT2D eigenvalue weighted by Gasteiger charge is -2.32. The molecule has 0 heterocycles. The summed E-state index contributed by atoms with van der Waals surface area (Å²) in [6.45, 7) is 4.30. The molecule has 128 valence electrons. The molecule has 2 atom stereocenters. The van der Waals surface area contributed by atoms with Gasteiger partial charge in [-0.15, -0.1) is 0 Å². The van der Waals surface area contributed by atoms with Crippen molar-refractivity contribution in [2.75, 3.05) is 0 Å². The van der Waals surface area contributed by atoms with Crippen molar-refractivity contribution in [1.29, 1.82) is 0 Å². The molecule has 1 aromatic rings. The highest BCUT2D eigenvalue weighted by atomic mass is 19.1. The maximum Gasteiger partial charge on any atom is 0.123 e. The molecule has 0 spiro atoms. The van der Waals surface area contributed by atoms with Gasteiger partial charge in [0.2, 0.25) is 0 Å². The molecule has 2 heteroatoms. The number of nitrogens with two attached hydrogens (primary N) is 1. The summed E-state index contributed by atoms with van der Waals surface area (Å²) in [5, 5.41) is 0. The van der Waals surface area contributed by atoms with Gasteiger partial charge >= 0.3 is 0 Å².